The maximum atomic E-state index is 13.1. The normalized spacial score (nSPS) is 12.1. The molecule has 1 amide bonds. The molecule has 4 aromatic rings. The van der Waals surface area contributed by atoms with Crippen LogP contribution in [0.3, 0.4) is 0 Å². The van der Waals surface area contributed by atoms with Gasteiger partial charge < -0.3 is 14.6 Å². The summed E-state index contributed by atoms with van der Waals surface area (Å²) in [5, 5.41) is 4.36. The molecule has 0 aliphatic carbocycles. The van der Waals surface area contributed by atoms with Gasteiger partial charge in [0.25, 0.3) is 0 Å². The van der Waals surface area contributed by atoms with Gasteiger partial charge in [-0.3, -0.25) is 9.59 Å². The molecule has 1 N–H and O–H groups in total. The van der Waals surface area contributed by atoms with E-state index in [1.165, 1.54) is 0 Å². The minimum absolute atomic E-state index is 0.0154. The van der Waals surface area contributed by atoms with Crippen molar-refractivity contribution < 1.29 is 9.53 Å². The van der Waals surface area contributed by atoms with E-state index in [1.54, 1.807) is 7.11 Å². The summed E-state index contributed by atoms with van der Waals surface area (Å²) in [7, 11) is 1.63. The average Bonchev–Trinajstić information content (AvgIpc) is 2.80. The summed E-state index contributed by atoms with van der Waals surface area (Å²) in [4.78, 5) is 26.0. The highest BCUT2D eigenvalue weighted by Gasteiger charge is 2.18. The molecule has 0 saturated carbocycles. The zero-order chi connectivity index (χ0) is 21.1. The number of para-hydroxylation sites is 3. The monoisotopic (exact) mass is 400 g/mol. The quantitative estimate of drug-likeness (QED) is 0.487. The van der Waals surface area contributed by atoms with Gasteiger partial charge in [-0.25, -0.2) is 0 Å². The number of hydrogen-bond acceptors (Lipinski definition) is 3. The maximum Gasteiger partial charge on any atom is 0.240 e. The summed E-state index contributed by atoms with van der Waals surface area (Å²) in [6, 6.07) is 22.4. The molecule has 0 saturated heterocycles. The van der Waals surface area contributed by atoms with Gasteiger partial charge >= 0.3 is 0 Å². The largest absolute Gasteiger partial charge is 0.496 e. The lowest BCUT2D eigenvalue weighted by Gasteiger charge is -2.21. The summed E-state index contributed by atoms with van der Waals surface area (Å²) < 4.78 is 7.38. The number of carbonyl (C=O) groups excluding carboxylic acids is 1. The van der Waals surface area contributed by atoms with Crippen molar-refractivity contribution in [2.75, 3.05) is 7.11 Å². The highest BCUT2D eigenvalue weighted by atomic mass is 16.5. The van der Waals surface area contributed by atoms with Crippen LogP contribution in [0, 0.1) is 0 Å². The maximum absolute atomic E-state index is 13.1. The van der Waals surface area contributed by atoms with E-state index in [0.29, 0.717) is 10.8 Å². The Labute approximate surface area is 174 Å². The van der Waals surface area contributed by atoms with Gasteiger partial charge in [0.2, 0.25) is 5.91 Å². The van der Waals surface area contributed by atoms with Gasteiger partial charge in [0.05, 0.1) is 24.2 Å². The number of pyridine rings is 1. The molecule has 1 aromatic heterocycles. The second-order valence-electron chi connectivity index (χ2n) is 7.22. The van der Waals surface area contributed by atoms with Crippen LogP contribution in [0.5, 0.6) is 5.75 Å². The molecule has 0 bridgehead atoms. The highest BCUT2D eigenvalue weighted by molar-refractivity contribution is 5.94. The molecular weight excluding hydrogens is 376 g/mol. The number of amides is 1. The van der Waals surface area contributed by atoms with Gasteiger partial charge in [-0.05, 0) is 36.8 Å². The number of aromatic nitrogens is 1. The molecule has 1 unspecified atom stereocenters. The second-order valence-corrected chi connectivity index (χ2v) is 7.22. The molecular formula is C25H24N2O3. The Kier molecular flexibility index (Phi) is 5.53. The third kappa shape index (κ3) is 3.54. The number of ether oxygens (including phenoxy) is 1. The van der Waals surface area contributed by atoms with Crippen LogP contribution in [0.2, 0.25) is 0 Å². The highest BCUT2D eigenvalue weighted by Crippen LogP contribution is 2.27. The van der Waals surface area contributed by atoms with Gasteiger partial charge in [-0.15, -0.1) is 0 Å². The van der Waals surface area contributed by atoms with Crippen molar-refractivity contribution in [1.29, 1.82) is 0 Å². The van der Waals surface area contributed by atoms with Crippen LogP contribution >= 0.6 is 0 Å². The van der Waals surface area contributed by atoms with Gasteiger partial charge in [0.1, 0.15) is 12.3 Å². The van der Waals surface area contributed by atoms with E-state index in [-0.39, 0.29) is 23.9 Å². The van der Waals surface area contributed by atoms with Crippen molar-refractivity contribution in [2.45, 2.75) is 25.9 Å². The fourth-order valence-corrected chi connectivity index (χ4v) is 3.98. The van der Waals surface area contributed by atoms with Crippen LogP contribution in [0.1, 0.15) is 24.9 Å². The average molecular weight is 400 g/mol. The van der Waals surface area contributed by atoms with E-state index < -0.39 is 0 Å². The van der Waals surface area contributed by atoms with E-state index in [2.05, 4.69) is 5.32 Å². The minimum atomic E-state index is -0.162. The molecule has 0 aliphatic heterocycles. The summed E-state index contributed by atoms with van der Waals surface area (Å²) >= 11 is 0. The Morgan fingerprint density at radius 1 is 0.933 bits per heavy atom. The molecule has 4 rings (SSSR count). The number of methoxy groups -OCH3 is 1. The van der Waals surface area contributed by atoms with Crippen molar-refractivity contribution in [3.05, 3.63) is 88.6 Å². The molecule has 5 nitrogen and oxygen atoms in total. The van der Waals surface area contributed by atoms with Crippen molar-refractivity contribution in [1.82, 2.24) is 9.88 Å². The van der Waals surface area contributed by atoms with Gasteiger partial charge in [0, 0.05) is 16.3 Å². The number of fused-ring (bicyclic) bond motifs is 2. The van der Waals surface area contributed by atoms with Crippen LogP contribution < -0.4 is 15.5 Å². The molecule has 30 heavy (non-hydrogen) atoms. The number of nitrogens with one attached hydrogen (secondary N) is 1. The van der Waals surface area contributed by atoms with E-state index in [1.807, 2.05) is 84.3 Å². The lowest BCUT2D eigenvalue weighted by atomic mass is 10.0. The molecule has 0 aliphatic rings. The molecule has 0 radical (unpaired) electrons. The number of benzene rings is 3. The van der Waals surface area contributed by atoms with E-state index in [9.17, 15) is 9.59 Å². The lowest BCUT2D eigenvalue weighted by Crippen LogP contribution is -2.32. The predicted octanol–water partition coefficient (Wildman–Crippen LogP) is 4.43. The van der Waals surface area contributed by atoms with E-state index >= 15 is 0 Å². The second kappa shape index (κ2) is 8.41. The first kappa shape index (κ1) is 19.7. The van der Waals surface area contributed by atoms with Gasteiger partial charge in [-0.2, -0.15) is 0 Å². The Bertz CT molecular complexity index is 1220. The van der Waals surface area contributed by atoms with Crippen LogP contribution in [0.25, 0.3) is 21.8 Å². The van der Waals surface area contributed by atoms with Crippen molar-refractivity contribution in [2.24, 2.45) is 0 Å². The van der Waals surface area contributed by atoms with Gasteiger partial charge in [0.15, 0.2) is 5.43 Å². The standard InChI is InChI=1S/C25H24N2O3/c1-3-20(17-10-6-9-15-23(17)30-2)26-24(28)16-27-21-13-7-4-11-18(21)25(29)19-12-5-8-14-22(19)27/h4-15,20H,3,16H2,1-2H3,(H,26,28). The Balaban J connectivity index is 1.72. The fraction of sp³-hybridized carbons (Fsp3) is 0.200. The van der Waals surface area contributed by atoms with Crippen LogP contribution in [0.4, 0.5) is 0 Å². The number of nitrogens with zero attached hydrogens (tertiary/aromatic N) is 1. The summed E-state index contributed by atoms with van der Waals surface area (Å²) in [6.45, 7) is 2.15. The minimum Gasteiger partial charge on any atom is -0.496 e. The molecule has 1 heterocycles. The predicted molar refractivity (Wildman–Crippen MR) is 120 cm³/mol. The Morgan fingerprint density at radius 3 is 2.10 bits per heavy atom. The molecule has 0 spiro atoms. The molecule has 1 atom stereocenters. The van der Waals surface area contributed by atoms with E-state index in [0.717, 1.165) is 28.8 Å². The zero-order valence-electron chi connectivity index (χ0n) is 17.1. The topological polar surface area (TPSA) is 60.3 Å². The first-order valence-corrected chi connectivity index (χ1v) is 10.1. The number of rotatable bonds is 6. The Morgan fingerprint density at radius 2 is 1.50 bits per heavy atom. The van der Waals surface area contributed by atoms with Crippen molar-refractivity contribution >= 4 is 27.7 Å². The molecule has 3 aromatic carbocycles. The summed E-state index contributed by atoms with van der Waals surface area (Å²) in [5.74, 6) is 0.635. The van der Waals surface area contributed by atoms with Crippen LogP contribution in [-0.4, -0.2) is 17.6 Å². The summed E-state index contributed by atoms with van der Waals surface area (Å²) in [5.41, 5.74) is 2.44. The molecule has 5 heteroatoms. The third-order valence-electron chi connectivity index (χ3n) is 5.44. The lowest BCUT2D eigenvalue weighted by molar-refractivity contribution is -0.122. The fourth-order valence-electron chi connectivity index (χ4n) is 3.98. The number of hydrogen-bond donors (Lipinski definition) is 1. The van der Waals surface area contributed by atoms with Gasteiger partial charge in [-0.1, -0.05) is 49.4 Å². The zero-order valence-corrected chi connectivity index (χ0v) is 17.1. The molecule has 152 valence electrons. The Hall–Kier alpha value is -3.60. The van der Waals surface area contributed by atoms with E-state index in [4.69, 9.17) is 4.74 Å². The third-order valence-corrected chi connectivity index (χ3v) is 5.44. The SMILES string of the molecule is CCC(NC(=O)Cn1c2ccccc2c(=O)c2ccccc21)c1ccccc1OC. The number of carbonyl (C=O) groups is 1. The van der Waals surface area contributed by atoms with Crippen LogP contribution in [0.15, 0.2) is 77.6 Å². The smallest absolute Gasteiger partial charge is 0.240 e. The first-order valence-electron chi connectivity index (χ1n) is 10.1. The van der Waals surface area contributed by atoms with Crippen molar-refractivity contribution in [3.63, 3.8) is 0 Å². The first-order chi connectivity index (χ1) is 14.6. The molecule has 0 fully saturated rings. The van der Waals surface area contributed by atoms with Crippen molar-refractivity contribution in [3.8, 4) is 5.75 Å². The summed E-state index contributed by atoms with van der Waals surface area (Å²) in [6.07, 6.45) is 0.734. The van der Waals surface area contributed by atoms with Crippen LogP contribution in [-0.2, 0) is 11.3 Å².